The fraction of sp³-hybridized carbons (Fsp3) is 0.143. The van der Waals surface area contributed by atoms with E-state index in [1.54, 1.807) is 48.6 Å². The summed E-state index contributed by atoms with van der Waals surface area (Å²) in [5.41, 5.74) is 2.20. The standard InChI is InChI=1S/C28H28N2O3/c1-2-3-21-33-25-19-17-23(18-20-25)27(31)30-26(16-10-13-22-11-6-4-7-12-22)28(32)29-24-14-8-5-9-15-24/h4-20H,2-3,21H2,1H3,(H,29,32)(H,30,31)/b13-10+,26-16+. The molecule has 0 heterocycles. The van der Waals surface area contributed by atoms with E-state index in [-0.39, 0.29) is 11.6 Å². The van der Waals surface area contributed by atoms with Gasteiger partial charge in [0.05, 0.1) is 6.61 Å². The first-order valence-electron chi connectivity index (χ1n) is 11.0. The number of para-hydroxylation sites is 1. The lowest BCUT2D eigenvalue weighted by molar-refractivity contribution is -0.113. The molecule has 0 saturated heterocycles. The predicted octanol–water partition coefficient (Wildman–Crippen LogP) is 5.83. The monoisotopic (exact) mass is 440 g/mol. The molecule has 168 valence electrons. The fourth-order valence-electron chi connectivity index (χ4n) is 2.95. The molecule has 0 spiro atoms. The summed E-state index contributed by atoms with van der Waals surface area (Å²) in [6.07, 6.45) is 7.22. The van der Waals surface area contributed by atoms with Crippen LogP contribution in [0.25, 0.3) is 6.08 Å². The third kappa shape index (κ3) is 7.82. The van der Waals surface area contributed by atoms with Gasteiger partial charge >= 0.3 is 0 Å². The molecular formula is C28H28N2O3. The van der Waals surface area contributed by atoms with E-state index in [1.807, 2.05) is 54.6 Å². The summed E-state index contributed by atoms with van der Waals surface area (Å²) in [6.45, 7) is 2.74. The second kappa shape index (κ2) is 12.7. The maximum atomic E-state index is 12.9. The zero-order valence-corrected chi connectivity index (χ0v) is 18.7. The van der Waals surface area contributed by atoms with Crippen molar-refractivity contribution in [1.29, 1.82) is 0 Å². The van der Waals surface area contributed by atoms with Crippen LogP contribution in [0.4, 0.5) is 5.69 Å². The van der Waals surface area contributed by atoms with Crippen LogP contribution in [0.5, 0.6) is 5.75 Å². The Hall–Kier alpha value is -4.12. The molecule has 0 unspecified atom stereocenters. The number of hydrogen-bond acceptors (Lipinski definition) is 3. The summed E-state index contributed by atoms with van der Waals surface area (Å²) in [5.74, 6) is -0.0761. The van der Waals surface area contributed by atoms with Gasteiger partial charge in [0.25, 0.3) is 11.8 Å². The second-order valence-corrected chi connectivity index (χ2v) is 7.35. The second-order valence-electron chi connectivity index (χ2n) is 7.35. The number of anilines is 1. The summed E-state index contributed by atoms with van der Waals surface area (Å²) in [4.78, 5) is 25.7. The number of carbonyl (C=O) groups is 2. The van der Waals surface area contributed by atoms with E-state index >= 15 is 0 Å². The molecule has 0 saturated carbocycles. The highest BCUT2D eigenvalue weighted by atomic mass is 16.5. The van der Waals surface area contributed by atoms with Crippen molar-refractivity contribution in [2.24, 2.45) is 0 Å². The molecule has 0 fully saturated rings. The van der Waals surface area contributed by atoms with E-state index in [9.17, 15) is 9.59 Å². The molecule has 3 aromatic carbocycles. The molecule has 3 rings (SSSR count). The van der Waals surface area contributed by atoms with Crippen molar-refractivity contribution in [2.45, 2.75) is 19.8 Å². The normalized spacial score (nSPS) is 11.2. The Balaban J connectivity index is 1.73. The van der Waals surface area contributed by atoms with Gasteiger partial charge in [-0.05, 0) is 54.5 Å². The minimum atomic E-state index is -0.410. The molecule has 0 aliphatic heterocycles. The largest absolute Gasteiger partial charge is 0.494 e. The summed E-state index contributed by atoms with van der Waals surface area (Å²) in [7, 11) is 0. The van der Waals surface area contributed by atoms with Crippen molar-refractivity contribution in [1.82, 2.24) is 5.32 Å². The molecule has 5 nitrogen and oxygen atoms in total. The number of unbranched alkanes of at least 4 members (excludes halogenated alkanes) is 1. The third-order valence-electron chi connectivity index (χ3n) is 4.76. The van der Waals surface area contributed by atoms with Crippen LogP contribution in [0.2, 0.25) is 0 Å². The first-order valence-corrected chi connectivity index (χ1v) is 11.0. The number of benzene rings is 3. The quantitative estimate of drug-likeness (QED) is 0.237. The lowest BCUT2D eigenvalue weighted by Gasteiger charge is -2.11. The van der Waals surface area contributed by atoms with Gasteiger partial charge in [0.2, 0.25) is 0 Å². The van der Waals surface area contributed by atoms with Gasteiger partial charge in [0.15, 0.2) is 0 Å². The Bertz CT molecular complexity index is 1090. The molecule has 3 aromatic rings. The van der Waals surface area contributed by atoms with Gasteiger partial charge in [-0.15, -0.1) is 0 Å². The highest BCUT2D eigenvalue weighted by Crippen LogP contribution is 2.14. The van der Waals surface area contributed by atoms with Crippen LogP contribution in [-0.2, 0) is 4.79 Å². The Morgan fingerprint density at radius 3 is 2.21 bits per heavy atom. The van der Waals surface area contributed by atoms with E-state index in [0.29, 0.717) is 23.6 Å². The summed E-state index contributed by atoms with van der Waals surface area (Å²) in [6, 6.07) is 25.7. The molecule has 0 aromatic heterocycles. The van der Waals surface area contributed by atoms with E-state index in [2.05, 4.69) is 17.6 Å². The first-order chi connectivity index (χ1) is 16.2. The molecule has 33 heavy (non-hydrogen) atoms. The molecule has 2 amide bonds. The van der Waals surface area contributed by atoms with Crippen LogP contribution < -0.4 is 15.4 Å². The number of hydrogen-bond donors (Lipinski definition) is 2. The van der Waals surface area contributed by atoms with Crippen molar-refractivity contribution in [3.63, 3.8) is 0 Å². The topological polar surface area (TPSA) is 67.4 Å². The van der Waals surface area contributed by atoms with E-state index in [4.69, 9.17) is 4.74 Å². The van der Waals surface area contributed by atoms with Crippen LogP contribution in [0.3, 0.4) is 0 Å². The van der Waals surface area contributed by atoms with Gasteiger partial charge in [-0.3, -0.25) is 9.59 Å². The van der Waals surface area contributed by atoms with Gasteiger partial charge in [-0.2, -0.15) is 0 Å². The molecule has 0 bridgehead atoms. The van der Waals surface area contributed by atoms with Crippen LogP contribution in [0.1, 0.15) is 35.7 Å². The molecule has 0 aliphatic carbocycles. The Labute approximate surface area is 194 Å². The molecule has 0 atom stereocenters. The molecule has 5 heteroatoms. The maximum absolute atomic E-state index is 12.9. The van der Waals surface area contributed by atoms with Crippen molar-refractivity contribution in [3.05, 3.63) is 114 Å². The van der Waals surface area contributed by atoms with Gasteiger partial charge < -0.3 is 15.4 Å². The lowest BCUT2D eigenvalue weighted by atomic mass is 10.2. The van der Waals surface area contributed by atoms with Crippen molar-refractivity contribution >= 4 is 23.6 Å². The average molecular weight is 441 g/mol. The van der Waals surface area contributed by atoms with Crippen LogP contribution >= 0.6 is 0 Å². The molecular weight excluding hydrogens is 412 g/mol. The number of rotatable bonds is 10. The minimum absolute atomic E-state index is 0.138. The Morgan fingerprint density at radius 2 is 1.55 bits per heavy atom. The summed E-state index contributed by atoms with van der Waals surface area (Å²) >= 11 is 0. The fourth-order valence-corrected chi connectivity index (χ4v) is 2.95. The highest BCUT2D eigenvalue weighted by molar-refractivity contribution is 6.08. The summed E-state index contributed by atoms with van der Waals surface area (Å²) < 4.78 is 5.65. The maximum Gasteiger partial charge on any atom is 0.272 e. The SMILES string of the molecule is CCCCOc1ccc(C(=O)N/C(=C/C=C/c2ccccc2)C(=O)Nc2ccccc2)cc1. The average Bonchev–Trinajstić information content (AvgIpc) is 2.85. The molecule has 0 aliphatic rings. The van der Waals surface area contributed by atoms with Crippen molar-refractivity contribution < 1.29 is 14.3 Å². The van der Waals surface area contributed by atoms with E-state index in [1.165, 1.54) is 0 Å². The first kappa shape index (κ1) is 23.5. The highest BCUT2D eigenvalue weighted by Gasteiger charge is 2.14. The van der Waals surface area contributed by atoms with Gasteiger partial charge in [0.1, 0.15) is 11.4 Å². The minimum Gasteiger partial charge on any atom is -0.494 e. The van der Waals surface area contributed by atoms with E-state index < -0.39 is 5.91 Å². The zero-order valence-electron chi connectivity index (χ0n) is 18.7. The van der Waals surface area contributed by atoms with Crippen LogP contribution in [0.15, 0.2) is 103 Å². The van der Waals surface area contributed by atoms with Crippen LogP contribution in [0, 0.1) is 0 Å². The Morgan fingerprint density at radius 1 is 0.879 bits per heavy atom. The third-order valence-corrected chi connectivity index (χ3v) is 4.76. The molecule has 0 radical (unpaired) electrons. The summed E-state index contributed by atoms with van der Waals surface area (Å²) in [5, 5.41) is 5.54. The predicted molar refractivity (Wildman–Crippen MR) is 133 cm³/mol. The smallest absolute Gasteiger partial charge is 0.272 e. The van der Waals surface area contributed by atoms with Crippen molar-refractivity contribution in [2.75, 3.05) is 11.9 Å². The van der Waals surface area contributed by atoms with Gasteiger partial charge in [-0.25, -0.2) is 0 Å². The van der Waals surface area contributed by atoms with Crippen molar-refractivity contribution in [3.8, 4) is 5.75 Å². The number of amides is 2. The lowest BCUT2D eigenvalue weighted by Crippen LogP contribution is -2.30. The zero-order chi connectivity index (χ0) is 23.3. The number of allylic oxidation sites excluding steroid dienone is 2. The van der Waals surface area contributed by atoms with E-state index in [0.717, 1.165) is 18.4 Å². The number of carbonyl (C=O) groups excluding carboxylic acids is 2. The number of nitrogens with one attached hydrogen (secondary N) is 2. The van der Waals surface area contributed by atoms with Gasteiger partial charge in [-0.1, -0.05) is 74.0 Å². The number of ether oxygens (including phenoxy) is 1. The van der Waals surface area contributed by atoms with Gasteiger partial charge in [0, 0.05) is 11.3 Å². The molecule has 2 N–H and O–H groups in total. The van der Waals surface area contributed by atoms with Crippen LogP contribution in [-0.4, -0.2) is 18.4 Å². The Kier molecular flexibility index (Phi) is 9.04.